The van der Waals surface area contributed by atoms with Gasteiger partial charge in [-0.2, -0.15) is 0 Å². The van der Waals surface area contributed by atoms with Gasteiger partial charge in [0.2, 0.25) is 0 Å². The molecule has 1 aliphatic rings. The first-order chi connectivity index (χ1) is 11.0. The summed E-state index contributed by atoms with van der Waals surface area (Å²) in [4.78, 5) is 23.9. The summed E-state index contributed by atoms with van der Waals surface area (Å²) in [5, 5.41) is 20.2. The van der Waals surface area contributed by atoms with E-state index in [1.165, 1.54) is 17.2 Å². The Kier molecular flexibility index (Phi) is 4.11. The van der Waals surface area contributed by atoms with Crippen LogP contribution in [0.15, 0.2) is 12.7 Å². The highest BCUT2D eigenvalue weighted by atomic mass is 16.6. The molecule has 0 spiro atoms. The van der Waals surface area contributed by atoms with Gasteiger partial charge in [0.25, 0.3) is 0 Å². The van der Waals surface area contributed by atoms with Crippen LogP contribution in [0.2, 0.25) is 0 Å². The molecule has 0 bridgehead atoms. The van der Waals surface area contributed by atoms with E-state index in [4.69, 9.17) is 15.2 Å². The van der Waals surface area contributed by atoms with E-state index < -0.39 is 30.5 Å². The Hall–Kier alpha value is -2.30. The van der Waals surface area contributed by atoms with E-state index in [9.17, 15) is 15.0 Å². The van der Waals surface area contributed by atoms with Gasteiger partial charge < -0.3 is 25.4 Å². The molecule has 2 aromatic rings. The number of nitrogens with zero attached hydrogens (tertiary/aromatic N) is 4. The highest BCUT2D eigenvalue weighted by molar-refractivity contribution is 5.81. The SMILES string of the molecule is CCOC(=O)[C@@H]1CC(O)C(O)C(n2cnc3c(N)ncnc32)O1. The molecule has 0 aromatic carbocycles. The van der Waals surface area contributed by atoms with Crippen LogP contribution in [-0.4, -0.2) is 60.6 Å². The number of hydrogen-bond acceptors (Lipinski definition) is 9. The highest BCUT2D eigenvalue weighted by Crippen LogP contribution is 2.31. The molecule has 10 heteroatoms. The van der Waals surface area contributed by atoms with Gasteiger partial charge in [0, 0.05) is 6.42 Å². The van der Waals surface area contributed by atoms with Gasteiger partial charge in [-0.25, -0.2) is 19.7 Å². The average molecular weight is 323 g/mol. The second-order valence-corrected chi connectivity index (χ2v) is 5.14. The molecule has 0 amide bonds. The summed E-state index contributed by atoms with van der Waals surface area (Å²) in [6.45, 7) is 1.87. The van der Waals surface area contributed by atoms with E-state index in [0.717, 1.165) is 0 Å². The van der Waals surface area contributed by atoms with Crippen molar-refractivity contribution in [1.29, 1.82) is 0 Å². The number of nitrogen functional groups attached to an aromatic ring is 1. The van der Waals surface area contributed by atoms with Crippen LogP contribution >= 0.6 is 0 Å². The predicted molar refractivity (Wildman–Crippen MR) is 76.9 cm³/mol. The molecule has 3 rings (SSSR count). The van der Waals surface area contributed by atoms with E-state index in [1.807, 2.05) is 0 Å². The zero-order valence-corrected chi connectivity index (χ0v) is 12.4. The molecule has 3 unspecified atom stereocenters. The Morgan fingerprint density at radius 1 is 1.48 bits per heavy atom. The molecule has 0 saturated carbocycles. The third-order valence-corrected chi connectivity index (χ3v) is 3.66. The smallest absolute Gasteiger partial charge is 0.335 e. The summed E-state index contributed by atoms with van der Waals surface area (Å²) in [5.74, 6) is -0.413. The maximum atomic E-state index is 11.9. The zero-order chi connectivity index (χ0) is 16.6. The van der Waals surface area contributed by atoms with Crippen molar-refractivity contribution >= 4 is 23.0 Å². The van der Waals surface area contributed by atoms with Crippen LogP contribution in [0.1, 0.15) is 19.6 Å². The van der Waals surface area contributed by atoms with Gasteiger partial charge >= 0.3 is 5.97 Å². The molecular weight excluding hydrogens is 306 g/mol. The van der Waals surface area contributed by atoms with Gasteiger partial charge in [0.1, 0.15) is 17.9 Å². The van der Waals surface area contributed by atoms with E-state index in [1.54, 1.807) is 6.92 Å². The average Bonchev–Trinajstić information content (AvgIpc) is 2.95. The molecule has 1 fully saturated rings. The van der Waals surface area contributed by atoms with Gasteiger partial charge in [-0.05, 0) is 6.92 Å². The van der Waals surface area contributed by atoms with Gasteiger partial charge in [-0.15, -0.1) is 0 Å². The van der Waals surface area contributed by atoms with Crippen LogP contribution in [0.4, 0.5) is 5.82 Å². The van der Waals surface area contributed by atoms with Crippen molar-refractivity contribution in [3.8, 4) is 0 Å². The van der Waals surface area contributed by atoms with Crippen LogP contribution in [0.3, 0.4) is 0 Å². The second kappa shape index (κ2) is 6.07. The third-order valence-electron chi connectivity index (χ3n) is 3.66. The van der Waals surface area contributed by atoms with Crippen LogP contribution in [0.5, 0.6) is 0 Å². The van der Waals surface area contributed by atoms with Crippen LogP contribution in [0.25, 0.3) is 11.2 Å². The third kappa shape index (κ3) is 2.71. The van der Waals surface area contributed by atoms with Crippen molar-refractivity contribution in [3.05, 3.63) is 12.7 Å². The van der Waals surface area contributed by atoms with E-state index >= 15 is 0 Å². The fourth-order valence-electron chi connectivity index (χ4n) is 2.53. The number of esters is 1. The fraction of sp³-hybridized carbons (Fsp3) is 0.538. The van der Waals surface area contributed by atoms with E-state index in [2.05, 4.69) is 15.0 Å². The van der Waals surface area contributed by atoms with Crippen molar-refractivity contribution < 1.29 is 24.5 Å². The molecule has 4 N–H and O–H groups in total. The number of carbonyl (C=O) groups is 1. The van der Waals surface area contributed by atoms with E-state index in [-0.39, 0.29) is 18.8 Å². The summed E-state index contributed by atoms with van der Waals surface area (Å²) < 4.78 is 11.9. The Labute approximate surface area is 130 Å². The Morgan fingerprint density at radius 2 is 2.26 bits per heavy atom. The molecule has 4 atom stereocenters. The molecule has 3 heterocycles. The minimum Gasteiger partial charge on any atom is -0.464 e. The lowest BCUT2D eigenvalue weighted by molar-refractivity contribution is -0.211. The minimum atomic E-state index is -1.26. The van der Waals surface area contributed by atoms with Gasteiger partial charge in [0.15, 0.2) is 23.8 Å². The maximum Gasteiger partial charge on any atom is 0.335 e. The summed E-state index contributed by atoms with van der Waals surface area (Å²) in [7, 11) is 0. The molecular formula is C13H17N5O5. The number of aliphatic hydroxyl groups excluding tert-OH is 2. The first-order valence-corrected chi connectivity index (χ1v) is 7.14. The number of aromatic nitrogens is 4. The monoisotopic (exact) mass is 323 g/mol. The number of nitrogens with two attached hydrogens (primary N) is 1. The fourth-order valence-corrected chi connectivity index (χ4v) is 2.53. The predicted octanol–water partition coefficient (Wildman–Crippen LogP) is -1.02. The number of carbonyl (C=O) groups excluding carboxylic acids is 1. The number of hydrogen-bond donors (Lipinski definition) is 3. The summed E-state index contributed by atoms with van der Waals surface area (Å²) >= 11 is 0. The standard InChI is InChI=1S/C13H17N5O5/c1-2-22-13(21)7-3-6(19)9(20)12(23-7)18-5-17-8-10(14)15-4-16-11(8)18/h4-7,9,12,19-20H,2-3H2,1H3,(H2,14,15,16)/t6?,7-,9?,12?/m0/s1. The lowest BCUT2D eigenvalue weighted by Gasteiger charge is -2.36. The van der Waals surface area contributed by atoms with Crippen molar-refractivity contribution in [2.24, 2.45) is 0 Å². The quantitative estimate of drug-likeness (QED) is 0.604. The number of fused-ring (bicyclic) bond motifs is 1. The number of aliphatic hydroxyl groups is 2. The number of anilines is 1. The van der Waals surface area contributed by atoms with E-state index in [0.29, 0.717) is 11.2 Å². The van der Waals surface area contributed by atoms with Crippen molar-refractivity contribution in [2.45, 2.75) is 37.9 Å². The molecule has 2 aromatic heterocycles. The Morgan fingerprint density at radius 3 is 3.00 bits per heavy atom. The molecule has 0 radical (unpaired) electrons. The van der Waals surface area contributed by atoms with Crippen molar-refractivity contribution in [2.75, 3.05) is 12.3 Å². The summed E-state index contributed by atoms with van der Waals surface area (Å²) in [5.41, 5.74) is 6.40. The van der Waals surface area contributed by atoms with Crippen LogP contribution < -0.4 is 5.73 Å². The minimum absolute atomic E-state index is 0.0553. The number of rotatable bonds is 3. The van der Waals surface area contributed by atoms with Crippen LogP contribution in [0, 0.1) is 0 Å². The molecule has 124 valence electrons. The largest absolute Gasteiger partial charge is 0.464 e. The lowest BCUT2D eigenvalue weighted by atomic mass is 10.0. The Balaban J connectivity index is 1.95. The lowest BCUT2D eigenvalue weighted by Crippen LogP contribution is -2.48. The first kappa shape index (κ1) is 15.6. The molecule has 23 heavy (non-hydrogen) atoms. The van der Waals surface area contributed by atoms with Gasteiger partial charge in [-0.3, -0.25) is 4.57 Å². The number of ether oxygens (including phenoxy) is 2. The summed E-state index contributed by atoms with van der Waals surface area (Å²) in [6.07, 6.45) is -1.88. The molecule has 1 aliphatic heterocycles. The van der Waals surface area contributed by atoms with Crippen molar-refractivity contribution in [1.82, 2.24) is 19.5 Å². The second-order valence-electron chi connectivity index (χ2n) is 5.14. The van der Waals surface area contributed by atoms with Crippen molar-refractivity contribution in [3.63, 3.8) is 0 Å². The maximum absolute atomic E-state index is 11.9. The highest BCUT2D eigenvalue weighted by Gasteiger charge is 2.42. The normalized spacial score (nSPS) is 28.0. The number of imidazole rings is 1. The van der Waals surface area contributed by atoms with Gasteiger partial charge in [-0.1, -0.05) is 0 Å². The van der Waals surface area contributed by atoms with Gasteiger partial charge in [0.05, 0.1) is 19.0 Å². The van der Waals surface area contributed by atoms with Crippen LogP contribution in [-0.2, 0) is 14.3 Å². The zero-order valence-electron chi connectivity index (χ0n) is 12.4. The molecule has 1 saturated heterocycles. The first-order valence-electron chi connectivity index (χ1n) is 7.14. The molecule has 0 aliphatic carbocycles. The summed E-state index contributed by atoms with van der Waals surface area (Å²) in [6, 6.07) is 0. The topological polar surface area (TPSA) is 146 Å². The Bertz CT molecular complexity index is 720. The molecule has 10 nitrogen and oxygen atoms in total.